The van der Waals surface area contributed by atoms with Gasteiger partial charge in [-0.3, -0.25) is 4.90 Å². The zero-order valence-electron chi connectivity index (χ0n) is 11.3. The summed E-state index contributed by atoms with van der Waals surface area (Å²) in [6.07, 6.45) is 2.28. The van der Waals surface area contributed by atoms with E-state index in [1.807, 2.05) is 0 Å². The third kappa shape index (κ3) is 4.00. The highest BCUT2D eigenvalue weighted by molar-refractivity contribution is 5.24. The molecule has 0 aliphatic heterocycles. The number of aliphatic hydroxyl groups is 2. The van der Waals surface area contributed by atoms with E-state index in [4.69, 9.17) is 5.11 Å². The third-order valence-electron chi connectivity index (χ3n) is 3.72. The van der Waals surface area contributed by atoms with Gasteiger partial charge in [-0.2, -0.15) is 0 Å². The number of aliphatic hydroxyl groups excluding tert-OH is 2. The standard InChI is InChI=1S/C15H22FNO2/c1-11-2-3-12(10-14(11)16)15(19)6-7-17(8-9-18)13-4-5-13/h2-3,10,13,15,18-19H,4-9H2,1H3. The van der Waals surface area contributed by atoms with Crippen LogP contribution in [0.2, 0.25) is 0 Å². The van der Waals surface area contributed by atoms with Crippen LogP contribution in [0.3, 0.4) is 0 Å². The average Bonchev–Trinajstić information content (AvgIpc) is 3.21. The molecule has 1 aromatic carbocycles. The molecule has 1 aliphatic carbocycles. The van der Waals surface area contributed by atoms with Crippen molar-refractivity contribution in [3.05, 3.63) is 35.1 Å². The first-order valence-corrected chi connectivity index (χ1v) is 6.91. The summed E-state index contributed by atoms with van der Waals surface area (Å²) in [5, 5.41) is 19.1. The highest BCUT2D eigenvalue weighted by atomic mass is 19.1. The van der Waals surface area contributed by atoms with Crippen LogP contribution in [0.1, 0.15) is 36.5 Å². The molecule has 1 unspecified atom stereocenters. The van der Waals surface area contributed by atoms with E-state index in [0.29, 0.717) is 30.1 Å². The monoisotopic (exact) mass is 267 g/mol. The zero-order chi connectivity index (χ0) is 13.8. The quantitative estimate of drug-likeness (QED) is 0.794. The smallest absolute Gasteiger partial charge is 0.126 e. The summed E-state index contributed by atoms with van der Waals surface area (Å²) in [7, 11) is 0. The molecule has 1 aromatic rings. The maximum Gasteiger partial charge on any atom is 0.126 e. The van der Waals surface area contributed by atoms with Gasteiger partial charge in [0.2, 0.25) is 0 Å². The number of benzene rings is 1. The molecule has 106 valence electrons. The largest absolute Gasteiger partial charge is 0.395 e. The van der Waals surface area contributed by atoms with Gasteiger partial charge in [0.25, 0.3) is 0 Å². The molecule has 1 fully saturated rings. The Morgan fingerprint density at radius 3 is 2.68 bits per heavy atom. The molecular formula is C15H22FNO2. The molecule has 0 spiro atoms. The molecule has 19 heavy (non-hydrogen) atoms. The van der Waals surface area contributed by atoms with E-state index >= 15 is 0 Å². The van der Waals surface area contributed by atoms with Gasteiger partial charge in [0.15, 0.2) is 0 Å². The van der Waals surface area contributed by atoms with Gasteiger partial charge in [0.05, 0.1) is 12.7 Å². The summed E-state index contributed by atoms with van der Waals surface area (Å²) in [4.78, 5) is 2.20. The van der Waals surface area contributed by atoms with E-state index in [0.717, 1.165) is 6.54 Å². The molecule has 0 amide bonds. The molecule has 1 aliphatic rings. The van der Waals surface area contributed by atoms with Crippen molar-refractivity contribution in [3.8, 4) is 0 Å². The van der Waals surface area contributed by atoms with Crippen molar-refractivity contribution in [2.75, 3.05) is 19.7 Å². The molecule has 0 bridgehead atoms. The fourth-order valence-electron chi connectivity index (χ4n) is 2.32. The summed E-state index contributed by atoms with van der Waals surface area (Å²) in [6.45, 7) is 3.24. The molecule has 0 radical (unpaired) electrons. The molecule has 2 N–H and O–H groups in total. The van der Waals surface area contributed by atoms with Crippen LogP contribution in [0.15, 0.2) is 18.2 Å². The summed E-state index contributed by atoms with van der Waals surface area (Å²) >= 11 is 0. The number of halogens is 1. The Balaban J connectivity index is 1.88. The van der Waals surface area contributed by atoms with E-state index in [-0.39, 0.29) is 12.4 Å². The van der Waals surface area contributed by atoms with Gasteiger partial charge in [-0.25, -0.2) is 4.39 Å². The van der Waals surface area contributed by atoms with Crippen molar-refractivity contribution < 1.29 is 14.6 Å². The lowest BCUT2D eigenvalue weighted by Crippen LogP contribution is -2.31. The molecule has 2 rings (SSSR count). The Kier molecular flexibility index (Phi) is 4.91. The Morgan fingerprint density at radius 2 is 2.11 bits per heavy atom. The molecule has 0 aromatic heterocycles. The molecule has 1 atom stereocenters. The SMILES string of the molecule is Cc1ccc(C(O)CCN(CCO)C2CC2)cc1F. The van der Waals surface area contributed by atoms with Crippen LogP contribution in [0, 0.1) is 12.7 Å². The van der Waals surface area contributed by atoms with Gasteiger partial charge in [0, 0.05) is 19.1 Å². The van der Waals surface area contributed by atoms with Crippen LogP contribution >= 0.6 is 0 Å². The highest BCUT2D eigenvalue weighted by Crippen LogP contribution is 2.28. The summed E-state index contributed by atoms with van der Waals surface area (Å²) in [5.74, 6) is -0.272. The minimum atomic E-state index is -0.643. The van der Waals surface area contributed by atoms with Crippen LogP contribution < -0.4 is 0 Å². The first-order chi connectivity index (χ1) is 9.11. The van der Waals surface area contributed by atoms with Crippen LogP contribution in [-0.4, -0.2) is 40.9 Å². The first-order valence-electron chi connectivity index (χ1n) is 6.91. The van der Waals surface area contributed by atoms with Crippen molar-refractivity contribution >= 4 is 0 Å². The highest BCUT2D eigenvalue weighted by Gasteiger charge is 2.28. The second-order valence-corrected chi connectivity index (χ2v) is 5.30. The maximum absolute atomic E-state index is 13.4. The summed E-state index contributed by atoms with van der Waals surface area (Å²) in [6, 6.07) is 5.44. The Morgan fingerprint density at radius 1 is 1.37 bits per heavy atom. The van der Waals surface area contributed by atoms with Gasteiger partial charge in [0.1, 0.15) is 5.82 Å². The van der Waals surface area contributed by atoms with E-state index in [1.165, 1.54) is 18.9 Å². The lowest BCUT2D eigenvalue weighted by atomic mass is 10.0. The third-order valence-corrected chi connectivity index (χ3v) is 3.72. The minimum absolute atomic E-state index is 0.145. The fourth-order valence-corrected chi connectivity index (χ4v) is 2.32. The van der Waals surface area contributed by atoms with E-state index in [2.05, 4.69) is 4.90 Å². The number of rotatable bonds is 7. The summed E-state index contributed by atoms with van der Waals surface area (Å²) in [5.41, 5.74) is 1.22. The van der Waals surface area contributed by atoms with Crippen molar-refractivity contribution in [1.29, 1.82) is 0 Å². The van der Waals surface area contributed by atoms with Crippen LogP contribution in [-0.2, 0) is 0 Å². The van der Waals surface area contributed by atoms with Crippen molar-refractivity contribution in [2.45, 2.75) is 38.3 Å². The second kappa shape index (κ2) is 6.46. The second-order valence-electron chi connectivity index (χ2n) is 5.30. The fraction of sp³-hybridized carbons (Fsp3) is 0.600. The van der Waals surface area contributed by atoms with Gasteiger partial charge >= 0.3 is 0 Å². The van der Waals surface area contributed by atoms with Crippen molar-refractivity contribution in [3.63, 3.8) is 0 Å². The molecule has 4 heteroatoms. The van der Waals surface area contributed by atoms with Gasteiger partial charge in [-0.1, -0.05) is 12.1 Å². The molecule has 0 heterocycles. The number of aryl methyl sites for hydroxylation is 1. The van der Waals surface area contributed by atoms with Gasteiger partial charge < -0.3 is 10.2 Å². The van der Waals surface area contributed by atoms with Crippen molar-refractivity contribution in [1.82, 2.24) is 4.90 Å². The Labute approximate surface area is 113 Å². The first kappa shape index (κ1) is 14.4. The van der Waals surface area contributed by atoms with E-state index in [9.17, 15) is 9.50 Å². The normalized spacial score (nSPS) is 16.9. The molecule has 3 nitrogen and oxygen atoms in total. The van der Waals surface area contributed by atoms with Gasteiger partial charge in [-0.05, 0) is 43.4 Å². The Bertz CT molecular complexity index is 421. The summed E-state index contributed by atoms with van der Waals surface area (Å²) < 4.78 is 13.4. The number of nitrogens with zero attached hydrogens (tertiary/aromatic N) is 1. The van der Waals surface area contributed by atoms with Crippen molar-refractivity contribution in [2.24, 2.45) is 0 Å². The van der Waals surface area contributed by atoms with Gasteiger partial charge in [-0.15, -0.1) is 0 Å². The van der Waals surface area contributed by atoms with Crippen LogP contribution in [0.25, 0.3) is 0 Å². The molecular weight excluding hydrogens is 245 g/mol. The lowest BCUT2D eigenvalue weighted by molar-refractivity contribution is 0.127. The minimum Gasteiger partial charge on any atom is -0.395 e. The maximum atomic E-state index is 13.4. The predicted octanol–water partition coefficient (Wildman–Crippen LogP) is 2.01. The average molecular weight is 267 g/mol. The molecule has 1 saturated carbocycles. The number of hydrogen-bond donors (Lipinski definition) is 2. The topological polar surface area (TPSA) is 43.7 Å². The predicted molar refractivity (Wildman–Crippen MR) is 72.4 cm³/mol. The molecule has 0 saturated heterocycles. The zero-order valence-corrected chi connectivity index (χ0v) is 11.3. The van der Waals surface area contributed by atoms with E-state index < -0.39 is 6.10 Å². The number of hydrogen-bond acceptors (Lipinski definition) is 3. The Hall–Kier alpha value is -0.970. The lowest BCUT2D eigenvalue weighted by Gasteiger charge is -2.22. The van der Waals surface area contributed by atoms with Crippen LogP contribution in [0.5, 0.6) is 0 Å². The van der Waals surface area contributed by atoms with E-state index in [1.54, 1.807) is 19.1 Å². The van der Waals surface area contributed by atoms with Crippen LogP contribution in [0.4, 0.5) is 4.39 Å².